The first kappa shape index (κ1) is 25.5. The molecule has 0 spiro atoms. The fraction of sp³-hybridized carbons (Fsp3) is 0.318. The highest BCUT2D eigenvalue weighted by molar-refractivity contribution is 7.91. The molecule has 0 bridgehead atoms. The summed E-state index contributed by atoms with van der Waals surface area (Å²) in [4.78, 5) is 5.03. The predicted octanol–water partition coefficient (Wildman–Crippen LogP) is 2.96. The van der Waals surface area contributed by atoms with Gasteiger partial charge in [-0.15, -0.1) is 4.68 Å². The molecule has 0 saturated heterocycles. The van der Waals surface area contributed by atoms with Gasteiger partial charge in [-0.05, 0) is 44.2 Å². The van der Waals surface area contributed by atoms with E-state index in [0.717, 1.165) is 23.2 Å². The van der Waals surface area contributed by atoms with E-state index in [4.69, 9.17) is 26.1 Å². The highest BCUT2D eigenvalue weighted by Crippen LogP contribution is 2.33. The quantitative estimate of drug-likeness (QED) is 0.511. The summed E-state index contributed by atoms with van der Waals surface area (Å²) in [6.45, 7) is 4.40. The average molecular weight is 508 g/mol. The second-order valence-electron chi connectivity index (χ2n) is 7.59. The Morgan fingerprint density at radius 2 is 1.85 bits per heavy atom. The monoisotopic (exact) mass is 507 g/mol. The Morgan fingerprint density at radius 1 is 1.15 bits per heavy atom. The van der Waals surface area contributed by atoms with Gasteiger partial charge in [0, 0.05) is 27.3 Å². The molecule has 2 N–H and O–H groups in total. The van der Waals surface area contributed by atoms with Crippen molar-refractivity contribution in [2.75, 3.05) is 25.2 Å². The van der Waals surface area contributed by atoms with Crippen molar-refractivity contribution < 1.29 is 27.9 Å². The summed E-state index contributed by atoms with van der Waals surface area (Å²) in [5.41, 5.74) is 2.87. The van der Waals surface area contributed by atoms with Crippen LogP contribution in [0.3, 0.4) is 0 Å². The van der Waals surface area contributed by atoms with Gasteiger partial charge in [-0.1, -0.05) is 11.6 Å². The number of fused-ring (bicyclic) bond motifs is 3. The van der Waals surface area contributed by atoms with Gasteiger partial charge in [0.25, 0.3) is 10.0 Å². The van der Waals surface area contributed by atoms with Crippen LogP contribution in [0.5, 0.6) is 11.5 Å². The highest BCUT2D eigenvalue weighted by atomic mass is 35.5. The largest absolute Gasteiger partial charge is 0.870 e. The molecule has 0 amide bonds. The standard InChI is InChI=1S/C22H25ClN5O4S.H2O/c1-6-27-21-13(2)24-20(17-10-8-15(31-3)12-19(17)32-4)16-9-7-14(23)11-18(16)28(21)22(25-27)26-33(5,29)30;/h7-13H,6H2,1-5H3,(H,25,26);1H2/q+1;/p-1. The van der Waals surface area contributed by atoms with Crippen molar-refractivity contribution in [2.45, 2.75) is 26.4 Å². The molecule has 12 heteroatoms. The summed E-state index contributed by atoms with van der Waals surface area (Å²) in [6, 6.07) is 10.6. The summed E-state index contributed by atoms with van der Waals surface area (Å²) >= 11 is 6.39. The van der Waals surface area contributed by atoms with Gasteiger partial charge < -0.3 is 14.9 Å². The number of nitrogens with one attached hydrogen (secondary N) is 1. The zero-order valence-corrected chi connectivity index (χ0v) is 21.0. The fourth-order valence-corrected chi connectivity index (χ4v) is 4.59. The van der Waals surface area contributed by atoms with Crippen LogP contribution in [0.25, 0.3) is 5.69 Å². The number of anilines is 1. The van der Waals surface area contributed by atoms with Gasteiger partial charge in [-0.25, -0.2) is 0 Å². The number of aliphatic imine (C=N–C) groups is 1. The van der Waals surface area contributed by atoms with Crippen molar-refractivity contribution >= 4 is 33.3 Å². The van der Waals surface area contributed by atoms with Crippen molar-refractivity contribution in [2.24, 2.45) is 4.99 Å². The summed E-state index contributed by atoms with van der Waals surface area (Å²) in [5.74, 6) is 2.15. The molecule has 4 rings (SSSR count). The highest BCUT2D eigenvalue weighted by Gasteiger charge is 2.36. The third kappa shape index (κ3) is 4.59. The Morgan fingerprint density at radius 3 is 2.47 bits per heavy atom. The number of nitrogens with zero attached hydrogens (tertiary/aromatic N) is 4. The SMILES string of the molecule is CCn1nc(NS(C)(=O)=O)[n+]2c1C(C)N=C(c1ccc(OC)cc1OC)c1ccc(Cl)cc1-2.[OH-]. The normalized spacial score (nSPS) is 14.8. The van der Waals surface area contributed by atoms with E-state index in [0.29, 0.717) is 34.5 Å². The molecule has 0 radical (unpaired) electrons. The number of sulfonamides is 1. The van der Waals surface area contributed by atoms with Crippen molar-refractivity contribution in [3.05, 3.63) is 58.4 Å². The van der Waals surface area contributed by atoms with E-state index in [-0.39, 0.29) is 17.5 Å². The molecule has 1 atom stereocenters. The topological polar surface area (TPSA) is 129 Å². The number of methoxy groups -OCH3 is 2. The number of hydrogen-bond donors (Lipinski definition) is 1. The minimum atomic E-state index is -3.58. The summed E-state index contributed by atoms with van der Waals surface area (Å²) in [6.07, 6.45) is 1.09. The summed E-state index contributed by atoms with van der Waals surface area (Å²) in [5, 5.41) is 5.00. The van der Waals surface area contributed by atoms with E-state index < -0.39 is 10.0 Å². The maximum absolute atomic E-state index is 12.1. The van der Waals surface area contributed by atoms with E-state index in [2.05, 4.69) is 9.82 Å². The number of halogens is 1. The Balaban J connectivity index is 0.00000324. The first-order chi connectivity index (χ1) is 15.7. The maximum atomic E-state index is 12.1. The number of aryl methyl sites for hydroxylation is 1. The lowest BCUT2D eigenvalue weighted by Crippen LogP contribution is -2.39. The van der Waals surface area contributed by atoms with Gasteiger partial charge in [0.2, 0.25) is 5.82 Å². The molecular formula is C22H26ClN5O5S. The van der Waals surface area contributed by atoms with Crippen LogP contribution < -0.4 is 18.8 Å². The zero-order valence-electron chi connectivity index (χ0n) is 19.4. The van der Waals surface area contributed by atoms with Crippen LogP contribution in [0.2, 0.25) is 5.02 Å². The molecule has 182 valence electrons. The van der Waals surface area contributed by atoms with Gasteiger partial charge in [0.1, 0.15) is 23.2 Å². The van der Waals surface area contributed by atoms with E-state index in [1.165, 1.54) is 0 Å². The van der Waals surface area contributed by atoms with E-state index >= 15 is 0 Å². The Kier molecular flexibility index (Phi) is 7.20. The zero-order chi connectivity index (χ0) is 23.9. The molecule has 10 nitrogen and oxygen atoms in total. The molecule has 1 aromatic heterocycles. The van der Waals surface area contributed by atoms with Crippen LogP contribution in [0.4, 0.5) is 5.95 Å². The molecule has 0 aliphatic carbocycles. The van der Waals surface area contributed by atoms with Crippen molar-refractivity contribution in [3.63, 3.8) is 0 Å². The van der Waals surface area contributed by atoms with Gasteiger partial charge in [0.15, 0.2) is 0 Å². The van der Waals surface area contributed by atoms with Gasteiger partial charge >= 0.3 is 5.95 Å². The smallest absolute Gasteiger partial charge is 0.397 e. The molecule has 2 heterocycles. The summed E-state index contributed by atoms with van der Waals surface area (Å²) < 4.78 is 41.2. The molecule has 0 saturated carbocycles. The second kappa shape index (κ2) is 9.61. The summed E-state index contributed by atoms with van der Waals surface area (Å²) in [7, 11) is -0.397. The molecule has 1 unspecified atom stereocenters. The van der Waals surface area contributed by atoms with Crippen LogP contribution >= 0.6 is 11.6 Å². The number of ether oxygens (including phenoxy) is 2. The molecule has 1 aliphatic heterocycles. The number of rotatable bonds is 6. The number of benzene rings is 2. The minimum Gasteiger partial charge on any atom is -0.870 e. The Bertz CT molecular complexity index is 1370. The van der Waals surface area contributed by atoms with Crippen molar-refractivity contribution in [3.8, 4) is 17.2 Å². The van der Waals surface area contributed by atoms with Crippen LogP contribution in [0.1, 0.15) is 36.8 Å². The third-order valence-corrected chi connectivity index (χ3v) is 6.10. The Labute approximate surface area is 203 Å². The molecule has 34 heavy (non-hydrogen) atoms. The average Bonchev–Trinajstić information content (AvgIpc) is 3.07. The first-order valence-electron chi connectivity index (χ1n) is 10.3. The third-order valence-electron chi connectivity index (χ3n) is 5.31. The van der Waals surface area contributed by atoms with Gasteiger partial charge in [-0.3, -0.25) is 4.99 Å². The van der Waals surface area contributed by atoms with Gasteiger partial charge in [-0.2, -0.15) is 17.7 Å². The molecule has 0 fully saturated rings. The Hall–Kier alpha value is -3.15. The minimum absolute atomic E-state index is 0. The van der Waals surface area contributed by atoms with Crippen LogP contribution in [0, 0.1) is 0 Å². The van der Waals surface area contributed by atoms with Gasteiger partial charge in [0.05, 0.1) is 32.7 Å². The predicted molar refractivity (Wildman–Crippen MR) is 128 cm³/mol. The van der Waals surface area contributed by atoms with E-state index in [9.17, 15) is 8.42 Å². The fourth-order valence-electron chi connectivity index (χ4n) is 3.96. The number of aromatic nitrogens is 3. The molecule has 2 aromatic carbocycles. The van der Waals surface area contributed by atoms with Crippen LogP contribution in [-0.4, -0.2) is 49.9 Å². The lowest BCUT2D eigenvalue weighted by Gasteiger charge is -2.14. The molecule has 1 aliphatic rings. The van der Waals surface area contributed by atoms with Crippen LogP contribution in [0.15, 0.2) is 41.4 Å². The van der Waals surface area contributed by atoms with Crippen LogP contribution in [-0.2, 0) is 16.6 Å². The number of hydrogen-bond acceptors (Lipinski definition) is 7. The van der Waals surface area contributed by atoms with Crippen molar-refractivity contribution in [1.29, 1.82) is 0 Å². The lowest BCUT2D eigenvalue weighted by atomic mass is 9.99. The first-order valence-corrected chi connectivity index (χ1v) is 12.5. The lowest BCUT2D eigenvalue weighted by molar-refractivity contribution is -0.591. The second-order valence-corrected chi connectivity index (χ2v) is 9.77. The van der Waals surface area contributed by atoms with E-state index in [1.807, 2.05) is 32.0 Å². The maximum Gasteiger partial charge on any atom is 0.397 e. The van der Waals surface area contributed by atoms with Crippen molar-refractivity contribution in [1.82, 2.24) is 9.78 Å². The van der Waals surface area contributed by atoms with E-state index in [1.54, 1.807) is 41.7 Å². The molecular weight excluding hydrogens is 482 g/mol. The molecule has 3 aromatic rings.